The fourth-order valence-corrected chi connectivity index (χ4v) is 1.77. The second-order valence-electron chi connectivity index (χ2n) is 3.39. The van der Waals surface area contributed by atoms with Crippen molar-refractivity contribution in [2.75, 3.05) is 33.8 Å². The minimum atomic E-state index is 0.259. The minimum Gasteiger partial charge on any atom is -0.395 e. The molecule has 0 amide bonds. The summed E-state index contributed by atoms with van der Waals surface area (Å²) in [6.45, 7) is 2.55. The van der Waals surface area contributed by atoms with Crippen LogP contribution < -0.4 is 5.32 Å². The number of likely N-dealkylation sites (N-methyl/N-ethyl adjacent to an activating group) is 1. The van der Waals surface area contributed by atoms with Crippen LogP contribution >= 0.6 is 0 Å². The first-order chi connectivity index (χ1) is 5.27. The zero-order valence-corrected chi connectivity index (χ0v) is 7.38. The summed E-state index contributed by atoms with van der Waals surface area (Å²) >= 11 is 0. The number of rotatable bonds is 3. The molecule has 0 spiro atoms. The molecule has 1 heterocycles. The fourth-order valence-electron chi connectivity index (χ4n) is 1.77. The maximum absolute atomic E-state index is 8.99. The minimum absolute atomic E-state index is 0.259. The average Bonchev–Trinajstić information content (AvgIpc) is 2.39. The van der Waals surface area contributed by atoms with Crippen molar-refractivity contribution < 1.29 is 5.11 Å². The van der Waals surface area contributed by atoms with Crippen LogP contribution in [0.3, 0.4) is 0 Å². The molecular formula is C8H18N2O. The Balaban J connectivity index is 2.34. The van der Waals surface area contributed by atoms with Gasteiger partial charge in [0.15, 0.2) is 0 Å². The molecule has 0 aromatic heterocycles. The molecule has 2 unspecified atom stereocenters. The number of aliphatic hydroxyl groups excluding tert-OH is 1. The van der Waals surface area contributed by atoms with Crippen LogP contribution in [0.4, 0.5) is 0 Å². The van der Waals surface area contributed by atoms with Gasteiger partial charge in [0, 0.05) is 12.6 Å². The molecule has 0 aromatic rings. The number of hydrogen-bond acceptors (Lipinski definition) is 3. The van der Waals surface area contributed by atoms with Crippen LogP contribution in [0.1, 0.15) is 6.42 Å². The molecule has 2 atom stereocenters. The lowest BCUT2D eigenvalue weighted by molar-refractivity contribution is 0.205. The first-order valence-electron chi connectivity index (χ1n) is 4.24. The summed E-state index contributed by atoms with van der Waals surface area (Å²) < 4.78 is 0. The summed E-state index contributed by atoms with van der Waals surface area (Å²) in [7, 11) is 4.04. The molecule has 0 bridgehead atoms. The van der Waals surface area contributed by atoms with Gasteiger partial charge >= 0.3 is 0 Å². The van der Waals surface area contributed by atoms with Gasteiger partial charge in [-0.25, -0.2) is 0 Å². The van der Waals surface area contributed by atoms with E-state index in [9.17, 15) is 0 Å². The van der Waals surface area contributed by atoms with E-state index in [1.54, 1.807) is 0 Å². The molecule has 0 aliphatic carbocycles. The van der Waals surface area contributed by atoms with Gasteiger partial charge < -0.3 is 15.3 Å². The summed E-state index contributed by atoms with van der Waals surface area (Å²) in [5.41, 5.74) is 0. The molecule has 3 nitrogen and oxygen atoms in total. The van der Waals surface area contributed by atoms with Gasteiger partial charge in [-0.05, 0) is 33.0 Å². The Morgan fingerprint density at radius 1 is 1.73 bits per heavy atom. The van der Waals surface area contributed by atoms with Crippen molar-refractivity contribution in [2.24, 2.45) is 5.92 Å². The van der Waals surface area contributed by atoms with E-state index in [0.717, 1.165) is 6.54 Å². The molecule has 1 fully saturated rings. The number of likely N-dealkylation sites (tertiary alicyclic amines) is 1. The second kappa shape index (κ2) is 4.04. The Hall–Kier alpha value is -0.120. The van der Waals surface area contributed by atoms with Crippen LogP contribution in [0, 0.1) is 5.92 Å². The lowest BCUT2D eigenvalue weighted by atomic mass is 10.00. The summed E-state index contributed by atoms with van der Waals surface area (Å²) in [4.78, 5) is 2.31. The maximum atomic E-state index is 8.99. The first-order valence-corrected chi connectivity index (χ1v) is 4.24. The standard InChI is InChI=1S/C8H18N2O/c1-9-8(6-11)7-3-4-10(2)5-7/h7-9,11H,3-6H2,1-2H3. The molecule has 0 saturated carbocycles. The number of nitrogens with one attached hydrogen (secondary N) is 1. The Bertz CT molecular complexity index is 115. The van der Waals surface area contributed by atoms with Crippen molar-refractivity contribution in [2.45, 2.75) is 12.5 Å². The van der Waals surface area contributed by atoms with E-state index in [0.29, 0.717) is 12.0 Å². The Morgan fingerprint density at radius 2 is 2.45 bits per heavy atom. The normalized spacial score (nSPS) is 29.2. The van der Waals surface area contributed by atoms with Crippen molar-refractivity contribution in [1.82, 2.24) is 10.2 Å². The lowest BCUT2D eigenvalue weighted by Gasteiger charge is -2.20. The van der Waals surface area contributed by atoms with Crippen LogP contribution in [0.2, 0.25) is 0 Å². The maximum Gasteiger partial charge on any atom is 0.0587 e. The highest BCUT2D eigenvalue weighted by Gasteiger charge is 2.25. The monoisotopic (exact) mass is 158 g/mol. The highest BCUT2D eigenvalue weighted by molar-refractivity contribution is 4.82. The van der Waals surface area contributed by atoms with Crippen LogP contribution in [0.5, 0.6) is 0 Å². The zero-order valence-electron chi connectivity index (χ0n) is 7.38. The van der Waals surface area contributed by atoms with Crippen molar-refractivity contribution in [3.8, 4) is 0 Å². The summed E-state index contributed by atoms with van der Waals surface area (Å²) in [5, 5.41) is 12.1. The third-order valence-corrected chi connectivity index (χ3v) is 2.56. The van der Waals surface area contributed by atoms with Gasteiger partial charge in [-0.2, -0.15) is 0 Å². The predicted octanol–water partition coefficient (Wildman–Crippen LogP) is -0.482. The third-order valence-electron chi connectivity index (χ3n) is 2.56. The van der Waals surface area contributed by atoms with E-state index in [4.69, 9.17) is 5.11 Å². The molecule has 1 aliphatic heterocycles. The largest absolute Gasteiger partial charge is 0.395 e. The molecule has 0 radical (unpaired) electrons. The smallest absolute Gasteiger partial charge is 0.0587 e. The van der Waals surface area contributed by atoms with Gasteiger partial charge in [-0.3, -0.25) is 0 Å². The Kier molecular flexibility index (Phi) is 3.30. The summed E-state index contributed by atoms with van der Waals surface area (Å²) in [5.74, 6) is 0.634. The Labute approximate surface area is 68.4 Å². The number of hydrogen-bond donors (Lipinski definition) is 2. The van der Waals surface area contributed by atoms with Crippen LogP contribution in [0.15, 0.2) is 0 Å². The van der Waals surface area contributed by atoms with Gasteiger partial charge in [0.25, 0.3) is 0 Å². The molecule has 11 heavy (non-hydrogen) atoms. The van der Waals surface area contributed by atoms with E-state index in [2.05, 4.69) is 17.3 Å². The molecule has 3 heteroatoms. The zero-order chi connectivity index (χ0) is 8.27. The van der Waals surface area contributed by atoms with E-state index in [-0.39, 0.29) is 6.61 Å². The number of aliphatic hydroxyl groups is 1. The Morgan fingerprint density at radius 3 is 2.82 bits per heavy atom. The van der Waals surface area contributed by atoms with Gasteiger partial charge in [0.2, 0.25) is 0 Å². The molecule has 1 rings (SSSR count). The van der Waals surface area contributed by atoms with Gasteiger partial charge in [0.05, 0.1) is 6.61 Å². The van der Waals surface area contributed by atoms with E-state index >= 15 is 0 Å². The van der Waals surface area contributed by atoms with Crippen LogP contribution in [-0.4, -0.2) is 49.8 Å². The molecule has 66 valence electrons. The molecule has 2 N–H and O–H groups in total. The SMILES string of the molecule is CNC(CO)C1CCN(C)C1. The molecule has 1 saturated heterocycles. The fraction of sp³-hybridized carbons (Fsp3) is 1.00. The lowest BCUT2D eigenvalue weighted by Crippen LogP contribution is -2.37. The van der Waals surface area contributed by atoms with Crippen molar-refractivity contribution in [1.29, 1.82) is 0 Å². The van der Waals surface area contributed by atoms with Gasteiger partial charge in [-0.15, -0.1) is 0 Å². The van der Waals surface area contributed by atoms with Crippen molar-refractivity contribution in [3.63, 3.8) is 0 Å². The number of nitrogens with zero attached hydrogens (tertiary/aromatic N) is 1. The van der Waals surface area contributed by atoms with E-state index < -0.39 is 0 Å². The highest BCUT2D eigenvalue weighted by atomic mass is 16.3. The van der Waals surface area contributed by atoms with Crippen molar-refractivity contribution in [3.05, 3.63) is 0 Å². The molecule has 1 aliphatic rings. The quantitative estimate of drug-likeness (QED) is 0.582. The van der Waals surface area contributed by atoms with Crippen LogP contribution in [0.25, 0.3) is 0 Å². The van der Waals surface area contributed by atoms with Gasteiger partial charge in [0.1, 0.15) is 0 Å². The molecule has 0 aromatic carbocycles. The molecular weight excluding hydrogens is 140 g/mol. The van der Waals surface area contributed by atoms with Crippen LogP contribution in [-0.2, 0) is 0 Å². The highest BCUT2D eigenvalue weighted by Crippen LogP contribution is 2.17. The summed E-state index contributed by atoms with van der Waals surface area (Å²) in [6, 6.07) is 0.292. The predicted molar refractivity (Wildman–Crippen MR) is 45.5 cm³/mol. The topological polar surface area (TPSA) is 35.5 Å². The van der Waals surface area contributed by atoms with Crippen molar-refractivity contribution >= 4 is 0 Å². The summed E-state index contributed by atoms with van der Waals surface area (Å²) in [6.07, 6.45) is 1.21. The van der Waals surface area contributed by atoms with E-state index in [1.807, 2.05) is 7.05 Å². The average molecular weight is 158 g/mol. The third kappa shape index (κ3) is 2.15. The van der Waals surface area contributed by atoms with Gasteiger partial charge in [-0.1, -0.05) is 0 Å². The second-order valence-corrected chi connectivity index (χ2v) is 3.39. The van der Waals surface area contributed by atoms with E-state index in [1.165, 1.54) is 13.0 Å². The first kappa shape index (κ1) is 8.97.